The van der Waals surface area contributed by atoms with Gasteiger partial charge in [-0.05, 0) is 37.2 Å². The third kappa shape index (κ3) is 2.80. The molecule has 25 heavy (non-hydrogen) atoms. The quantitative estimate of drug-likeness (QED) is 0.718. The Morgan fingerprint density at radius 3 is 3.12 bits per heavy atom. The van der Waals surface area contributed by atoms with Crippen molar-refractivity contribution in [3.8, 4) is 0 Å². The topological polar surface area (TPSA) is 63.4 Å². The molecule has 0 aromatic carbocycles. The molecular formula is C18H23N5OS. The van der Waals surface area contributed by atoms with Crippen molar-refractivity contribution >= 4 is 33.1 Å². The van der Waals surface area contributed by atoms with Crippen LogP contribution in [-0.2, 0) is 12.8 Å². The fraction of sp³-hybridized carbons (Fsp3) is 0.556. The lowest BCUT2D eigenvalue weighted by Crippen LogP contribution is -2.28. The second kappa shape index (κ2) is 6.37. The average Bonchev–Trinajstić information content (AvgIpc) is 3.19. The molecule has 0 saturated carbocycles. The minimum Gasteiger partial charge on any atom is -0.339 e. The molecule has 1 aliphatic carbocycles. The molecule has 0 aliphatic heterocycles. The highest BCUT2D eigenvalue weighted by atomic mass is 32.1. The molecule has 3 aromatic heterocycles. The Labute approximate surface area is 150 Å². The highest BCUT2D eigenvalue weighted by Gasteiger charge is 2.25. The minimum atomic E-state index is -0.122. The van der Waals surface area contributed by atoms with E-state index in [2.05, 4.69) is 28.9 Å². The molecule has 0 fully saturated rings. The lowest BCUT2D eigenvalue weighted by atomic mass is 9.89. The molecule has 7 heteroatoms. The number of aryl methyl sites for hydroxylation is 1. The highest BCUT2D eigenvalue weighted by Crippen LogP contribution is 2.38. The van der Waals surface area contributed by atoms with Crippen LogP contribution in [0, 0.1) is 5.92 Å². The van der Waals surface area contributed by atoms with Gasteiger partial charge >= 0.3 is 0 Å². The van der Waals surface area contributed by atoms with E-state index in [4.69, 9.17) is 0 Å². The number of carbonyl (C=O) groups is 1. The van der Waals surface area contributed by atoms with Gasteiger partial charge in [-0.2, -0.15) is 0 Å². The van der Waals surface area contributed by atoms with Crippen LogP contribution in [0.15, 0.2) is 6.33 Å². The summed E-state index contributed by atoms with van der Waals surface area (Å²) in [5, 5.41) is 5.49. The fourth-order valence-electron chi connectivity index (χ4n) is 3.50. The van der Waals surface area contributed by atoms with E-state index < -0.39 is 0 Å². The number of rotatable bonds is 4. The SMILES string of the molecule is CCCCN(C)C(=O)c1nc2c3c4c(sc3ncn2n1)CC[C@H](C)C4. The van der Waals surface area contributed by atoms with E-state index in [1.807, 2.05) is 7.05 Å². The Balaban J connectivity index is 1.79. The van der Waals surface area contributed by atoms with Gasteiger partial charge in [-0.3, -0.25) is 4.79 Å². The molecule has 1 amide bonds. The molecule has 0 unspecified atom stereocenters. The third-order valence-electron chi connectivity index (χ3n) is 5.01. The molecule has 4 rings (SSSR count). The maximum atomic E-state index is 12.6. The molecule has 1 aliphatic rings. The predicted molar refractivity (Wildman–Crippen MR) is 99.2 cm³/mol. The number of nitrogens with zero attached hydrogens (tertiary/aromatic N) is 5. The van der Waals surface area contributed by atoms with Gasteiger partial charge in [0.15, 0.2) is 5.65 Å². The van der Waals surface area contributed by atoms with Gasteiger partial charge in [0, 0.05) is 18.5 Å². The van der Waals surface area contributed by atoms with Gasteiger partial charge in [-0.25, -0.2) is 14.5 Å². The Bertz CT molecular complexity index is 944. The Morgan fingerprint density at radius 1 is 1.48 bits per heavy atom. The first-order valence-electron chi connectivity index (χ1n) is 8.99. The van der Waals surface area contributed by atoms with Crippen LogP contribution in [0.1, 0.15) is 54.2 Å². The van der Waals surface area contributed by atoms with Gasteiger partial charge in [0.2, 0.25) is 5.82 Å². The van der Waals surface area contributed by atoms with Crippen molar-refractivity contribution in [2.45, 2.75) is 46.0 Å². The summed E-state index contributed by atoms with van der Waals surface area (Å²) in [5.74, 6) is 0.814. The molecule has 132 valence electrons. The van der Waals surface area contributed by atoms with Gasteiger partial charge in [-0.1, -0.05) is 20.3 Å². The van der Waals surface area contributed by atoms with Crippen molar-refractivity contribution < 1.29 is 4.79 Å². The van der Waals surface area contributed by atoms with Crippen LogP contribution >= 0.6 is 11.3 Å². The zero-order valence-corrected chi connectivity index (χ0v) is 15.8. The standard InChI is InChI=1S/C18H23N5OS/c1-4-5-8-22(3)18(24)15-20-16-14-12-9-11(2)6-7-13(12)25-17(14)19-10-23(16)21-15/h10-11H,4-9H2,1-3H3/t11-/m0/s1. The second-order valence-electron chi connectivity index (χ2n) is 7.06. The zero-order valence-electron chi connectivity index (χ0n) is 14.9. The van der Waals surface area contributed by atoms with Gasteiger partial charge in [-0.15, -0.1) is 16.4 Å². The molecule has 0 radical (unpaired) electrons. The third-order valence-corrected chi connectivity index (χ3v) is 6.21. The van der Waals surface area contributed by atoms with Crippen LogP contribution in [0.2, 0.25) is 0 Å². The summed E-state index contributed by atoms with van der Waals surface area (Å²) in [6.45, 7) is 5.13. The molecule has 3 heterocycles. The van der Waals surface area contributed by atoms with Crippen LogP contribution in [0.4, 0.5) is 0 Å². The predicted octanol–water partition coefficient (Wildman–Crippen LogP) is 3.34. The first-order chi connectivity index (χ1) is 12.1. The number of hydrogen-bond acceptors (Lipinski definition) is 5. The number of amides is 1. The van der Waals surface area contributed by atoms with E-state index in [9.17, 15) is 4.79 Å². The summed E-state index contributed by atoms with van der Waals surface area (Å²) >= 11 is 1.76. The van der Waals surface area contributed by atoms with Crippen LogP contribution < -0.4 is 0 Å². The Morgan fingerprint density at radius 2 is 2.32 bits per heavy atom. The van der Waals surface area contributed by atoms with E-state index in [1.54, 1.807) is 27.1 Å². The second-order valence-corrected chi connectivity index (χ2v) is 8.14. The van der Waals surface area contributed by atoms with Gasteiger partial charge in [0.05, 0.1) is 5.39 Å². The molecular weight excluding hydrogens is 334 g/mol. The molecule has 0 bridgehead atoms. The fourth-order valence-corrected chi connectivity index (χ4v) is 4.68. The number of aromatic nitrogens is 4. The van der Waals surface area contributed by atoms with Gasteiger partial charge in [0.25, 0.3) is 5.91 Å². The summed E-state index contributed by atoms with van der Waals surface area (Å²) in [6, 6.07) is 0. The molecule has 6 nitrogen and oxygen atoms in total. The molecule has 0 spiro atoms. The smallest absolute Gasteiger partial charge is 0.293 e. The molecule has 0 N–H and O–H groups in total. The number of carbonyl (C=O) groups excluding carboxylic acids is 1. The number of hydrogen-bond donors (Lipinski definition) is 0. The first-order valence-corrected chi connectivity index (χ1v) is 9.81. The maximum absolute atomic E-state index is 12.6. The maximum Gasteiger partial charge on any atom is 0.293 e. The summed E-state index contributed by atoms with van der Waals surface area (Å²) in [6.07, 6.45) is 7.12. The monoisotopic (exact) mass is 357 g/mol. The van der Waals surface area contributed by atoms with E-state index in [1.165, 1.54) is 16.9 Å². The van der Waals surface area contributed by atoms with E-state index >= 15 is 0 Å². The highest BCUT2D eigenvalue weighted by molar-refractivity contribution is 7.19. The minimum absolute atomic E-state index is 0.122. The summed E-state index contributed by atoms with van der Waals surface area (Å²) in [5.41, 5.74) is 2.13. The molecule has 0 saturated heterocycles. The first kappa shape index (κ1) is 16.4. The van der Waals surface area contributed by atoms with Crippen molar-refractivity contribution in [3.63, 3.8) is 0 Å². The lowest BCUT2D eigenvalue weighted by Gasteiger charge is -2.17. The largest absolute Gasteiger partial charge is 0.339 e. The van der Waals surface area contributed by atoms with Gasteiger partial charge < -0.3 is 4.90 Å². The average molecular weight is 357 g/mol. The lowest BCUT2D eigenvalue weighted by molar-refractivity contribution is 0.0781. The Hall–Kier alpha value is -2.02. The van der Waals surface area contributed by atoms with Crippen molar-refractivity contribution in [3.05, 3.63) is 22.6 Å². The van der Waals surface area contributed by atoms with E-state index in [-0.39, 0.29) is 11.7 Å². The number of fused-ring (bicyclic) bond motifs is 5. The summed E-state index contributed by atoms with van der Waals surface area (Å²) < 4.78 is 1.66. The Kier molecular flexibility index (Phi) is 4.19. The van der Waals surface area contributed by atoms with Crippen LogP contribution in [-0.4, -0.2) is 44.0 Å². The van der Waals surface area contributed by atoms with Crippen molar-refractivity contribution in [2.75, 3.05) is 13.6 Å². The molecule has 1 atom stereocenters. The van der Waals surface area contributed by atoms with Crippen LogP contribution in [0.25, 0.3) is 15.9 Å². The van der Waals surface area contributed by atoms with E-state index in [0.29, 0.717) is 5.92 Å². The summed E-state index contributed by atoms with van der Waals surface area (Å²) in [7, 11) is 1.81. The normalized spacial score (nSPS) is 17.2. The zero-order chi connectivity index (χ0) is 17.6. The van der Waals surface area contributed by atoms with Crippen LogP contribution in [0.3, 0.4) is 0 Å². The summed E-state index contributed by atoms with van der Waals surface area (Å²) in [4.78, 5) is 25.9. The van der Waals surface area contributed by atoms with Crippen molar-refractivity contribution in [1.29, 1.82) is 0 Å². The number of unbranched alkanes of at least 4 members (excludes halogenated alkanes) is 1. The van der Waals surface area contributed by atoms with Crippen molar-refractivity contribution in [1.82, 2.24) is 24.5 Å². The van der Waals surface area contributed by atoms with E-state index in [0.717, 1.165) is 48.1 Å². The number of thiophene rings is 1. The van der Waals surface area contributed by atoms with Crippen molar-refractivity contribution in [2.24, 2.45) is 5.92 Å². The molecule has 3 aromatic rings. The van der Waals surface area contributed by atoms with Gasteiger partial charge in [0.1, 0.15) is 11.2 Å². The van der Waals surface area contributed by atoms with Crippen LogP contribution in [0.5, 0.6) is 0 Å².